The Kier molecular flexibility index (Phi) is 4.59. The highest BCUT2D eigenvalue weighted by Gasteiger charge is 2.15. The second kappa shape index (κ2) is 6.83. The molecule has 1 amide bonds. The second-order valence-electron chi connectivity index (χ2n) is 4.87. The van der Waals surface area contributed by atoms with Crippen LogP contribution in [0.3, 0.4) is 0 Å². The lowest BCUT2D eigenvalue weighted by Gasteiger charge is -2.04. The SMILES string of the molecule is C=CC(=O)Nc1cnc2c(c1)c(C#Cc1ccc(F)s1)cn2C(F)F. The summed E-state index contributed by atoms with van der Waals surface area (Å²) in [4.78, 5) is 15.8. The fraction of sp³-hybridized carbons (Fsp3) is 0.0588. The molecule has 0 radical (unpaired) electrons. The average molecular weight is 361 g/mol. The number of hydrogen-bond donors (Lipinski definition) is 1. The van der Waals surface area contributed by atoms with E-state index in [2.05, 4.69) is 28.7 Å². The van der Waals surface area contributed by atoms with Gasteiger partial charge in [0.25, 0.3) is 0 Å². The summed E-state index contributed by atoms with van der Waals surface area (Å²) in [5.41, 5.74) is 0.661. The van der Waals surface area contributed by atoms with Gasteiger partial charge in [-0.25, -0.2) is 4.98 Å². The summed E-state index contributed by atoms with van der Waals surface area (Å²) < 4.78 is 40.1. The van der Waals surface area contributed by atoms with Crippen LogP contribution < -0.4 is 5.32 Å². The van der Waals surface area contributed by atoms with E-state index in [4.69, 9.17) is 0 Å². The van der Waals surface area contributed by atoms with Crippen molar-refractivity contribution in [1.82, 2.24) is 9.55 Å². The molecule has 0 aromatic carbocycles. The van der Waals surface area contributed by atoms with Gasteiger partial charge in [-0.2, -0.15) is 13.2 Å². The van der Waals surface area contributed by atoms with E-state index in [0.29, 0.717) is 26.1 Å². The van der Waals surface area contributed by atoms with Gasteiger partial charge in [-0.15, -0.1) is 0 Å². The molecule has 3 aromatic heterocycles. The number of nitrogens with zero attached hydrogens (tertiary/aromatic N) is 2. The predicted octanol–water partition coefficient (Wildman–Crippen LogP) is 4.16. The molecule has 0 atom stereocenters. The first-order valence-electron chi connectivity index (χ1n) is 6.97. The molecule has 3 heterocycles. The van der Waals surface area contributed by atoms with Gasteiger partial charge in [0, 0.05) is 11.6 Å². The normalized spacial score (nSPS) is 10.6. The van der Waals surface area contributed by atoms with Gasteiger partial charge >= 0.3 is 6.55 Å². The summed E-state index contributed by atoms with van der Waals surface area (Å²) in [5.74, 6) is 5.04. The van der Waals surface area contributed by atoms with Crippen LogP contribution in [0, 0.1) is 17.0 Å². The van der Waals surface area contributed by atoms with Gasteiger partial charge in [-0.05, 0) is 24.3 Å². The van der Waals surface area contributed by atoms with Crippen molar-refractivity contribution >= 4 is 34.0 Å². The quantitative estimate of drug-likeness (QED) is 0.563. The Bertz CT molecular complexity index is 1030. The number of nitrogens with one attached hydrogen (secondary N) is 1. The lowest BCUT2D eigenvalue weighted by atomic mass is 10.2. The Morgan fingerprint density at radius 1 is 1.40 bits per heavy atom. The van der Waals surface area contributed by atoms with Crippen LogP contribution in [0.5, 0.6) is 0 Å². The molecule has 0 unspecified atom stereocenters. The van der Waals surface area contributed by atoms with Crippen LogP contribution in [0.1, 0.15) is 17.0 Å². The number of amides is 1. The number of alkyl halides is 2. The molecule has 3 aromatic rings. The smallest absolute Gasteiger partial charge is 0.320 e. The molecule has 3 rings (SSSR count). The largest absolute Gasteiger partial charge is 0.321 e. The third-order valence-corrected chi connectivity index (χ3v) is 4.02. The van der Waals surface area contributed by atoms with Gasteiger partial charge in [0.15, 0.2) is 5.13 Å². The van der Waals surface area contributed by atoms with Gasteiger partial charge in [0.2, 0.25) is 5.91 Å². The lowest BCUT2D eigenvalue weighted by molar-refractivity contribution is -0.111. The maximum atomic E-state index is 13.2. The number of aromatic nitrogens is 2. The first-order chi connectivity index (χ1) is 12.0. The number of carbonyl (C=O) groups is 1. The summed E-state index contributed by atoms with van der Waals surface area (Å²) in [5, 5.41) is 2.49. The molecule has 25 heavy (non-hydrogen) atoms. The number of anilines is 1. The Morgan fingerprint density at radius 2 is 2.20 bits per heavy atom. The standard InChI is InChI=1S/C17H10F3N3OS/c1-2-15(24)22-11-7-13-10(3-4-12-5-6-14(18)25-12)9-23(17(19)20)16(13)21-8-11/h2,5-9,17H,1H2,(H,22,24). The molecule has 0 bridgehead atoms. The van der Waals surface area contributed by atoms with Crippen molar-refractivity contribution < 1.29 is 18.0 Å². The molecule has 1 N–H and O–H groups in total. The Morgan fingerprint density at radius 3 is 2.84 bits per heavy atom. The molecule has 0 aliphatic carbocycles. The van der Waals surface area contributed by atoms with Crippen LogP contribution in [0.2, 0.25) is 0 Å². The molecule has 0 saturated carbocycles. The van der Waals surface area contributed by atoms with Crippen molar-refractivity contribution in [3.05, 3.63) is 58.8 Å². The first-order valence-corrected chi connectivity index (χ1v) is 7.79. The third-order valence-electron chi connectivity index (χ3n) is 3.23. The summed E-state index contributed by atoms with van der Waals surface area (Å²) in [6, 6.07) is 4.29. The van der Waals surface area contributed by atoms with Gasteiger partial charge in [0.1, 0.15) is 5.65 Å². The molecule has 126 valence electrons. The van der Waals surface area contributed by atoms with Crippen LogP contribution in [0.15, 0.2) is 43.2 Å². The highest BCUT2D eigenvalue weighted by atomic mass is 32.1. The molecular weight excluding hydrogens is 351 g/mol. The zero-order valence-corrected chi connectivity index (χ0v) is 13.4. The fourth-order valence-corrected chi connectivity index (χ4v) is 2.74. The minimum Gasteiger partial charge on any atom is -0.321 e. The van der Waals surface area contributed by atoms with Crippen molar-refractivity contribution in [3.63, 3.8) is 0 Å². The highest BCUT2D eigenvalue weighted by molar-refractivity contribution is 7.10. The number of pyridine rings is 1. The van der Waals surface area contributed by atoms with E-state index in [0.717, 1.165) is 17.4 Å². The third kappa shape index (κ3) is 3.56. The van der Waals surface area contributed by atoms with E-state index >= 15 is 0 Å². The van der Waals surface area contributed by atoms with E-state index in [1.54, 1.807) is 0 Å². The molecule has 8 heteroatoms. The minimum atomic E-state index is -2.79. The topological polar surface area (TPSA) is 46.9 Å². The Hall–Kier alpha value is -3.05. The number of fused-ring (bicyclic) bond motifs is 1. The van der Waals surface area contributed by atoms with Crippen molar-refractivity contribution in [2.75, 3.05) is 5.32 Å². The molecule has 0 aliphatic rings. The van der Waals surface area contributed by atoms with Gasteiger partial charge in [-0.3, -0.25) is 9.36 Å². The first kappa shape index (κ1) is 16.8. The number of carbonyl (C=O) groups excluding carboxylic acids is 1. The monoisotopic (exact) mass is 361 g/mol. The zero-order valence-electron chi connectivity index (χ0n) is 12.6. The summed E-state index contributed by atoms with van der Waals surface area (Å²) in [7, 11) is 0. The maximum absolute atomic E-state index is 13.2. The van der Waals surface area contributed by atoms with E-state index in [-0.39, 0.29) is 10.8 Å². The number of rotatable bonds is 3. The Balaban J connectivity index is 2.09. The summed E-state index contributed by atoms with van der Waals surface area (Å²) >= 11 is 0.861. The maximum Gasteiger partial charge on any atom is 0.320 e. The molecule has 0 saturated heterocycles. The van der Waals surface area contributed by atoms with Crippen LogP contribution in [0.25, 0.3) is 11.0 Å². The van der Waals surface area contributed by atoms with Gasteiger partial charge in [-0.1, -0.05) is 29.8 Å². The van der Waals surface area contributed by atoms with E-state index < -0.39 is 12.5 Å². The minimum absolute atomic E-state index is 0.0354. The molecule has 0 fully saturated rings. The van der Waals surface area contributed by atoms with Crippen molar-refractivity contribution in [2.45, 2.75) is 6.55 Å². The van der Waals surface area contributed by atoms with Gasteiger partial charge in [0.05, 0.1) is 22.3 Å². The molecule has 0 spiro atoms. The van der Waals surface area contributed by atoms with Crippen LogP contribution in [0.4, 0.5) is 18.9 Å². The second-order valence-corrected chi connectivity index (χ2v) is 5.90. The predicted molar refractivity (Wildman–Crippen MR) is 90.1 cm³/mol. The van der Waals surface area contributed by atoms with E-state index in [9.17, 15) is 18.0 Å². The number of halogens is 3. The number of thiophene rings is 1. The van der Waals surface area contributed by atoms with Crippen LogP contribution >= 0.6 is 11.3 Å². The molecular formula is C17H10F3N3OS. The number of hydrogen-bond acceptors (Lipinski definition) is 3. The van der Waals surface area contributed by atoms with E-state index in [1.165, 1.54) is 30.6 Å². The van der Waals surface area contributed by atoms with Crippen LogP contribution in [-0.4, -0.2) is 15.5 Å². The summed E-state index contributed by atoms with van der Waals surface area (Å²) in [6.45, 7) is 0.548. The fourth-order valence-electron chi connectivity index (χ4n) is 2.15. The van der Waals surface area contributed by atoms with Crippen molar-refractivity contribution in [2.24, 2.45) is 0 Å². The highest BCUT2D eigenvalue weighted by Crippen LogP contribution is 2.26. The van der Waals surface area contributed by atoms with Crippen molar-refractivity contribution in [1.29, 1.82) is 0 Å². The van der Waals surface area contributed by atoms with Gasteiger partial charge < -0.3 is 5.32 Å². The van der Waals surface area contributed by atoms with Crippen LogP contribution in [-0.2, 0) is 4.79 Å². The zero-order chi connectivity index (χ0) is 18.0. The molecule has 4 nitrogen and oxygen atoms in total. The Labute approximate surface area is 144 Å². The van der Waals surface area contributed by atoms with Crippen molar-refractivity contribution in [3.8, 4) is 11.8 Å². The van der Waals surface area contributed by atoms with E-state index in [1.807, 2.05) is 0 Å². The average Bonchev–Trinajstić information content (AvgIpc) is 3.16. The molecule has 0 aliphatic heterocycles. The summed E-state index contributed by atoms with van der Waals surface area (Å²) in [6.07, 6.45) is 3.54. The lowest BCUT2D eigenvalue weighted by Crippen LogP contribution is -2.07.